The number of Topliss-reactive ketones (excluding diaryl/α,β-unsaturated/α-hetero) is 1. The Balaban J connectivity index is 1.70. The zero-order chi connectivity index (χ0) is 21.1. The lowest BCUT2D eigenvalue weighted by molar-refractivity contribution is -0.385. The van der Waals surface area contributed by atoms with Gasteiger partial charge >= 0.3 is 5.97 Å². The Bertz CT molecular complexity index is 1080. The molecule has 0 aliphatic carbocycles. The Hall–Kier alpha value is -3.68. The van der Waals surface area contributed by atoms with Gasteiger partial charge in [0.2, 0.25) is 5.78 Å². The van der Waals surface area contributed by atoms with E-state index in [0.29, 0.717) is 17.7 Å². The molecule has 0 saturated carbocycles. The number of benzene rings is 1. The average Bonchev–Trinajstić information content (AvgIpc) is 3.29. The zero-order valence-electron chi connectivity index (χ0n) is 16.3. The Kier molecular flexibility index (Phi) is 5.63. The summed E-state index contributed by atoms with van der Waals surface area (Å²) >= 11 is 0. The van der Waals surface area contributed by atoms with Gasteiger partial charge in [0.1, 0.15) is 5.76 Å². The van der Waals surface area contributed by atoms with Gasteiger partial charge in [0, 0.05) is 28.6 Å². The number of esters is 1. The molecular formula is C21H20N2O6. The first kappa shape index (κ1) is 20.1. The van der Waals surface area contributed by atoms with Gasteiger partial charge in [-0.1, -0.05) is 6.07 Å². The number of carbonyl (C=O) groups excluding carboxylic acids is 2. The quantitative estimate of drug-likeness (QED) is 0.259. The van der Waals surface area contributed by atoms with Crippen molar-refractivity contribution in [2.24, 2.45) is 0 Å². The molecule has 0 spiro atoms. The molecule has 1 aromatic carbocycles. The number of rotatable bonds is 7. The van der Waals surface area contributed by atoms with Gasteiger partial charge in [-0.3, -0.25) is 14.9 Å². The second kappa shape index (κ2) is 8.14. The van der Waals surface area contributed by atoms with Gasteiger partial charge in [0.15, 0.2) is 6.61 Å². The minimum absolute atomic E-state index is 0.0263. The van der Waals surface area contributed by atoms with Crippen molar-refractivity contribution in [1.82, 2.24) is 4.57 Å². The fourth-order valence-corrected chi connectivity index (χ4v) is 3.11. The van der Waals surface area contributed by atoms with Crippen molar-refractivity contribution in [1.29, 1.82) is 0 Å². The molecule has 0 unspecified atom stereocenters. The first-order chi connectivity index (χ1) is 13.8. The smallest absolute Gasteiger partial charge is 0.338 e. The molecule has 0 bridgehead atoms. The third kappa shape index (κ3) is 4.26. The first-order valence-electron chi connectivity index (χ1n) is 8.92. The van der Waals surface area contributed by atoms with Gasteiger partial charge in [-0.05, 0) is 45.0 Å². The lowest BCUT2D eigenvalue weighted by Crippen LogP contribution is -2.15. The SMILES string of the molecule is Cc1ccc(C(=O)OCC(=O)c2cc(C)n(Cc3ccco3)c2C)cc1[N+](=O)[O-]. The number of carbonyl (C=O) groups is 2. The summed E-state index contributed by atoms with van der Waals surface area (Å²) in [6.07, 6.45) is 1.59. The summed E-state index contributed by atoms with van der Waals surface area (Å²) in [5, 5.41) is 11.0. The molecule has 0 saturated heterocycles. The van der Waals surface area contributed by atoms with Crippen molar-refractivity contribution >= 4 is 17.4 Å². The van der Waals surface area contributed by atoms with Gasteiger partial charge in [-0.2, -0.15) is 0 Å². The van der Waals surface area contributed by atoms with Crippen molar-refractivity contribution in [2.75, 3.05) is 6.61 Å². The number of furan rings is 1. The number of ether oxygens (including phenoxy) is 1. The summed E-state index contributed by atoms with van der Waals surface area (Å²) in [6, 6.07) is 9.44. The fourth-order valence-electron chi connectivity index (χ4n) is 3.11. The van der Waals surface area contributed by atoms with Crippen LogP contribution in [0.4, 0.5) is 5.69 Å². The standard InChI is InChI=1S/C21H20N2O6/c1-13-6-7-16(10-19(13)23(26)27)21(25)29-12-20(24)18-9-14(2)22(15(18)3)11-17-5-4-8-28-17/h4-10H,11-12H2,1-3H3. The molecule has 0 amide bonds. The Morgan fingerprint density at radius 3 is 2.59 bits per heavy atom. The highest BCUT2D eigenvalue weighted by molar-refractivity contribution is 6.00. The normalized spacial score (nSPS) is 10.7. The van der Waals surface area contributed by atoms with E-state index in [-0.39, 0.29) is 17.0 Å². The Morgan fingerprint density at radius 1 is 1.17 bits per heavy atom. The van der Waals surface area contributed by atoms with Crippen LogP contribution in [-0.2, 0) is 11.3 Å². The van der Waals surface area contributed by atoms with Crippen LogP contribution < -0.4 is 0 Å². The molecule has 3 aromatic rings. The lowest BCUT2D eigenvalue weighted by atomic mass is 10.1. The van der Waals surface area contributed by atoms with E-state index >= 15 is 0 Å². The number of hydrogen-bond acceptors (Lipinski definition) is 6. The van der Waals surface area contributed by atoms with Crippen molar-refractivity contribution in [3.8, 4) is 0 Å². The third-order valence-corrected chi connectivity index (χ3v) is 4.74. The maximum atomic E-state index is 12.6. The van der Waals surface area contributed by atoms with Crippen molar-refractivity contribution in [3.05, 3.63) is 86.6 Å². The van der Waals surface area contributed by atoms with Gasteiger partial charge in [0.25, 0.3) is 5.69 Å². The molecule has 150 valence electrons. The van der Waals surface area contributed by atoms with E-state index in [1.54, 1.807) is 25.3 Å². The number of nitrogens with zero attached hydrogens (tertiary/aromatic N) is 2. The third-order valence-electron chi connectivity index (χ3n) is 4.74. The van der Waals surface area contributed by atoms with Crippen molar-refractivity contribution in [2.45, 2.75) is 27.3 Å². The second-order valence-electron chi connectivity index (χ2n) is 6.71. The Morgan fingerprint density at radius 2 is 1.93 bits per heavy atom. The highest BCUT2D eigenvalue weighted by atomic mass is 16.6. The largest absolute Gasteiger partial charge is 0.467 e. The molecule has 0 atom stereocenters. The maximum Gasteiger partial charge on any atom is 0.338 e. The molecule has 0 fully saturated rings. The molecule has 0 radical (unpaired) electrons. The molecule has 2 heterocycles. The molecule has 0 N–H and O–H groups in total. The Labute approximate surface area is 166 Å². The highest BCUT2D eigenvalue weighted by Gasteiger charge is 2.20. The van der Waals surface area contributed by atoms with E-state index in [2.05, 4.69) is 0 Å². The highest BCUT2D eigenvalue weighted by Crippen LogP contribution is 2.21. The molecule has 29 heavy (non-hydrogen) atoms. The number of nitro benzene ring substituents is 1. The summed E-state index contributed by atoms with van der Waals surface area (Å²) in [5.74, 6) is -0.372. The molecule has 0 aliphatic rings. The summed E-state index contributed by atoms with van der Waals surface area (Å²) in [6.45, 7) is 5.31. The van der Waals surface area contributed by atoms with Crippen LogP contribution in [0.5, 0.6) is 0 Å². The zero-order valence-corrected chi connectivity index (χ0v) is 16.3. The van der Waals surface area contributed by atoms with E-state index in [1.807, 2.05) is 24.5 Å². The summed E-state index contributed by atoms with van der Waals surface area (Å²) in [4.78, 5) is 35.3. The maximum absolute atomic E-state index is 12.6. The van der Waals surface area contributed by atoms with Gasteiger partial charge in [-0.15, -0.1) is 0 Å². The number of nitro groups is 1. The number of aryl methyl sites for hydroxylation is 2. The van der Waals surface area contributed by atoms with Crippen LogP contribution in [0.25, 0.3) is 0 Å². The monoisotopic (exact) mass is 396 g/mol. The van der Waals surface area contributed by atoms with Crippen LogP contribution in [0, 0.1) is 30.9 Å². The second-order valence-corrected chi connectivity index (χ2v) is 6.71. The van der Waals surface area contributed by atoms with Crippen LogP contribution in [0.15, 0.2) is 47.1 Å². The van der Waals surface area contributed by atoms with Gasteiger partial charge in [0.05, 0.1) is 23.3 Å². The number of ketones is 1. The predicted molar refractivity (Wildman–Crippen MR) is 104 cm³/mol. The fraction of sp³-hybridized carbons (Fsp3) is 0.238. The number of hydrogen-bond donors (Lipinski definition) is 0. The van der Waals surface area contributed by atoms with Crippen molar-refractivity contribution in [3.63, 3.8) is 0 Å². The molecular weight excluding hydrogens is 376 g/mol. The first-order valence-corrected chi connectivity index (χ1v) is 8.92. The van der Waals surface area contributed by atoms with Crippen LogP contribution in [0.1, 0.15) is 43.4 Å². The van der Waals surface area contributed by atoms with Gasteiger partial charge in [-0.25, -0.2) is 4.79 Å². The van der Waals surface area contributed by atoms with Crippen LogP contribution in [0.3, 0.4) is 0 Å². The molecule has 3 rings (SSSR count). The lowest BCUT2D eigenvalue weighted by Gasteiger charge is -2.08. The number of aromatic nitrogens is 1. The summed E-state index contributed by atoms with van der Waals surface area (Å²) < 4.78 is 12.4. The van der Waals surface area contributed by atoms with E-state index in [1.165, 1.54) is 12.1 Å². The van der Waals surface area contributed by atoms with Crippen LogP contribution in [0.2, 0.25) is 0 Å². The topological polar surface area (TPSA) is 105 Å². The molecule has 0 aliphatic heterocycles. The van der Waals surface area contributed by atoms with E-state index in [4.69, 9.17) is 9.15 Å². The predicted octanol–water partition coefficient (Wildman–Crippen LogP) is 4.00. The average molecular weight is 396 g/mol. The van der Waals surface area contributed by atoms with Crippen molar-refractivity contribution < 1.29 is 23.7 Å². The minimum Gasteiger partial charge on any atom is -0.467 e. The van der Waals surface area contributed by atoms with E-state index in [9.17, 15) is 19.7 Å². The van der Waals surface area contributed by atoms with Crippen LogP contribution in [-0.4, -0.2) is 27.8 Å². The molecule has 8 nitrogen and oxygen atoms in total. The van der Waals surface area contributed by atoms with Crippen LogP contribution >= 0.6 is 0 Å². The molecule has 2 aromatic heterocycles. The minimum atomic E-state index is -0.786. The van der Waals surface area contributed by atoms with Gasteiger partial charge < -0.3 is 13.7 Å². The van der Waals surface area contributed by atoms with E-state index < -0.39 is 17.5 Å². The summed E-state index contributed by atoms with van der Waals surface area (Å²) in [7, 11) is 0. The summed E-state index contributed by atoms with van der Waals surface area (Å²) in [5.41, 5.74) is 2.36. The van der Waals surface area contributed by atoms with E-state index in [0.717, 1.165) is 23.2 Å². The molecule has 8 heteroatoms.